The summed E-state index contributed by atoms with van der Waals surface area (Å²) in [5.74, 6) is -0.182. The summed E-state index contributed by atoms with van der Waals surface area (Å²) in [6.45, 7) is 1.99. The molecule has 1 N–H and O–H groups in total. The normalized spacial score (nSPS) is 26.4. The van der Waals surface area contributed by atoms with Crippen molar-refractivity contribution < 1.29 is 9.90 Å². The third kappa shape index (κ3) is 3.44. The molecule has 1 heterocycles. The molecule has 0 spiro atoms. The minimum absolute atomic E-state index is 0.201. The fraction of sp³-hybridized carbons (Fsp3) is 0.929. The van der Waals surface area contributed by atoms with Crippen molar-refractivity contribution in [2.24, 2.45) is 5.92 Å². The summed E-state index contributed by atoms with van der Waals surface area (Å²) in [4.78, 5) is 13.8. The maximum Gasteiger partial charge on any atom is 0.321 e. The van der Waals surface area contributed by atoms with Gasteiger partial charge in [-0.15, -0.1) is 0 Å². The van der Waals surface area contributed by atoms with E-state index in [0.717, 1.165) is 25.9 Å². The molecule has 0 bridgehead atoms. The van der Waals surface area contributed by atoms with E-state index >= 15 is 0 Å². The average molecular weight is 239 g/mol. The highest BCUT2D eigenvalue weighted by atomic mass is 16.4. The van der Waals surface area contributed by atoms with Gasteiger partial charge in [0.1, 0.15) is 6.04 Å². The largest absolute Gasteiger partial charge is 0.480 e. The van der Waals surface area contributed by atoms with Crippen molar-refractivity contribution in [3.8, 4) is 0 Å². The lowest BCUT2D eigenvalue weighted by molar-refractivity contribution is -0.146. The second-order valence-corrected chi connectivity index (χ2v) is 5.63. The molecule has 17 heavy (non-hydrogen) atoms. The molecule has 0 aromatic heterocycles. The number of carboxylic acids is 1. The second kappa shape index (κ2) is 6.39. The van der Waals surface area contributed by atoms with Crippen molar-refractivity contribution in [2.75, 3.05) is 13.1 Å². The SMILES string of the molecule is O=C(O)C(C1CCCCC1)N1CCCCCC1. The van der Waals surface area contributed by atoms with Gasteiger partial charge in [0.2, 0.25) is 0 Å². The Morgan fingerprint density at radius 1 is 0.941 bits per heavy atom. The maximum atomic E-state index is 11.6. The van der Waals surface area contributed by atoms with Gasteiger partial charge in [-0.25, -0.2) is 0 Å². The minimum atomic E-state index is -0.584. The van der Waals surface area contributed by atoms with E-state index in [2.05, 4.69) is 4.90 Å². The molecule has 0 aromatic rings. The van der Waals surface area contributed by atoms with E-state index in [9.17, 15) is 9.90 Å². The van der Waals surface area contributed by atoms with Crippen molar-refractivity contribution in [1.29, 1.82) is 0 Å². The van der Waals surface area contributed by atoms with E-state index in [1.54, 1.807) is 0 Å². The van der Waals surface area contributed by atoms with Crippen molar-refractivity contribution >= 4 is 5.97 Å². The van der Waals surface area contributed by atoms with Crippen LogP contribution in [-0.2, 0) is 4.79 Å². The van der Waals surface area contributed by atoms with Gasteiger partial charge in [0.15, 0.2) is 0 Å². The van der Waals surface area contributed by atoms with Crippen LogP contribution in [0.1, 0.15) is 57.8 Å². The first kappa shape index (κ1) is 12.9. The molecule has 1 saturated heterocycles. The van der Waals surface area contributed by atoms with Gasteiger partial charge in [0, 0.05) is 0 Å². The third-order valence-electron chi connectivity index (χ3n) is 4.38. The molecule has 1 saturated carbocycles. The quantitative estimate of drug-likeness (QED) is 0.823. The molecule has 2 fully saturated rings. The first-order valence-electron chi connectivity index (χ1n) is 7.26. The molecule has 98 valence electrons. The molecule has 1 unspecified atom stereocenters. The Kier molecular flexibility index (Phi) is 4.84. The maximum absolute atomic E-state index is 11.6. The molecule has 1 aliphatic heterocycles. The van der Waals surface area contributed by atoms with E-state index in [4.69, 9.17) is 0 Å². The Morgan fingerprint density at radius 2 is 1.47 bits per heavy atom. The monoisotopic (exact) mass is 239 g/mol. The van der Waals surface area contributed by atoms with Crippen molar-refractivity contribution in [1.82, 2.24) is 4.90 Å². The van der Waals surface area contributed by atoms with Gasteiger partial charge in [0.25, 0.3) is 0 Å². The Bertz CT molecular complexity index is 241. The topological polar surface area (TPSA) is 40.5 Å². The number of aliphatic carboxylic acids is 1. The molecule has 1 aliphatic carbocycles. The van der Waals surface area contributed by atoms with Gasteiger partial charge in [-0.2, -0.15) is 0 Å². The predicted octanol–water partition coefficient (Wildman–Crippen LogP) is 2.90. The average Bonchev–Trinajstić information content (AvgIpc) is 2.59. The van der Waals surface area contributed by atoms with Crippen molar-refractivity contribution in [3.63, 3.8) is 0 Å². The van der Waals surface area contributed by atoms with E-state index in [0.29, 0.717) is 5.92 Å². The van der Waals surface area contributed by atoms with Crippen LogP contribution in [0, 0.1) is 5.92 Å². The lowest BCUT2D eigenvalue weighted by atomic mass is 9.83. The lowest BCUT2D eigenvalue weighted by Gasteiger charge is -2.35. The van der Waals surface area contributed by atoms with Crippen LogP contribution in [-0.4, -0.2) is 35.1 Å². The van der Waals surface area contributed by atoms with Gasteiger partial charge in [0.05, 0.1) is 0 Å². The summed E-state index contributed by atoms with van der Waals surface area (Å²) >= 11 is 0. The summed E-state index contributed by atoms with van der Waals surface area (Å²) in [7, 11) is 0. The number of rotatable bonds is 3. The highest BCUT2D eigenvalue weighted by molar-refractivity contribution is 5.74. The van der Waals surface area contributed by atoms with E-state index in [-0.39, 0.29) is 6.04 Å². The standard InChI is InChI=1S/C14H25NO2/c16-14(17)13(12-8-4-3-5-9-12)15-10-6-1-2-7-11-15/h12-13H,1-11H2,(H,16,17). The van der Waals surface area contributed by atoms with Crippen LogP contribution in [0.25, 0.3) is 0 Å². The molecule has 3 heteroatoms. The highest BCUT2D eigenvalue weighted by Crippen LogP contribution is 2.30. The van der Waals surface area contributed by atoms with Gasteiger partial charge in [-0.3, -0.25) is 9.69 Å². The molecule has 2 rings (SSSR count). The van der Waals surface area contributed by atoms with Gasteiger partial charge >= 0.3 is 5.97 Å². The Hall–Kier alpha value is -0.570. The first-order chi connectivity index (χ1) is 8.29. The minimum Gasteiger partial charge on any atom is -0.480 e. The van der Waals surface area contributed by atoms with Crippen LogP contribution in [0.2, 0.25) is 0 Å². The van der Waals surface area contributed by atoms with Crippen LogP contribution < -0.4 is 0 Å². The predicted molar refractivity (Wildman–Crippen MR) is 68.0 cm³/mol. The molecule has 0 amide bonds. The van der Waals surface area contributed by atoms with E-state index in [1.165, 1.54) is 44.9 Å². The number of nitrogens with zero attached hydrogens (tertiary/aromatic N) is 1. The Morgan fingerprint density at radius 3 is 2.00 bits per heavy atom. The molecular weight excluding hydrogens is 214 g/mol. The molecule has 1 atom stereocenters. The molecule has 2 aliphatic rings. The summed E-state index contributed by atoms with van der Waals surface area (Å²) in [5, 5.41) is 9.53. The van der Waals surface area contributed by atoms with Crippen molar-refractivity contribution in [3.05, 3.63) is 0 Å². The van der Waals surface area contributed by atoms with Gasteiger partial charge < -0.3 is 5.11 Å². The van der Waals surface area contributed by atoms with E-state index in [1.807, 2.05) is 0 Å². The molecule has 0 radical (unpaired) electrons. The van der Waals surface area contributed by atoms with Crippen LogP contribution in [0.3, 0.4) is 0 Å². The van der Waals surface area contributed by atoms with Crippen LogP contribution in [0.5, 0.6) is 0 Å². The van der Waals surface area contributed by atoms with Crippen LogP contribution >= 0.6 is 0 Å². The zero-order valence-corrected chi connectivity index (χ0v) is 10.7. The number of carbonyl (C=O) groups is 1. The zero-order valence-electron chi connectivity index (χ0n) is 10.7. The zero-order chi connectivity index (χ0) is 12.1. The fourth-order valence-electron chi connectivity index (χ4n) is 3.48. The number of likely N-dealkylation sites (tertiary alicyclic amines) is 1. The fourth-order valence-corrected chi connectivity index (χ4v) is 3.48. The second-order valence-electron chi connectivity index (χ2n) is 5.63. The third-order valence-corrected chi connectivity index (χ3v) is 4.38. The Balaban J connectivity index is 2.01. The smallest absolute Gasteiger partial charge is 0.321 e. The van der Waals surface area contributed by atoms with Crippen molar-refractivity contribution in [2.45, 2.75) is 63.8 Å². The summed E-state index contributed by atoms with van der Waals surface area (Å²) in [6.07, 6.45) is 10.9. The lowest BCUT2D eigenvalue weighted by Crippen LogP contribution is -2.47. The molecule has 0 aromatic carbocycles. The Labute approximate surface area is 104 Å². The van der Waals surface area contributed by atoms with E-state index < -0.39 is 5.97 Å². The number of hydrogen-bond acceptors (Lipinski definition) is 2. The summed E-state index contributed by atoms with van der Waals surface area (Å²) < 4.78 is 0. The summed E-state index contributed by atoms with van der Waals surface area (Å²) in [6, 6.07) is -0.201. The van der Waals surface area contributed by atoms with Gasteiger partial charge in [-0.05, 0) is 44.7 Å². The van der Waals surface area contributed by atoms with Crippen LogP contribution in [0.4, 0.5) is 0 Å². The number of carboxylic acid groups (broad SMARTS) is 1. The van der Waals surface area contributed by atoms with Gasteiger partial charge in [-0.1, -0.05) is 32.1 Å². The highest BCUT2D eigenvalue weighted by Gasteiger charge is 2.34. The number of hydrogen-bond donors (Lipinski definition) is 1. The molecular formula is C14H25NO2. The molecule has 3 nitrogen and oxygen atoms in total. The summed E-state index contributed by atoms with van der Waals surface area (Å²) in [5.41, 5.74) is 0. The van der Waals surface area contributed by atoms with Crippen LogP contribution in [0.15, 0.2) is 0 Å². The first-order valence-corrected chi connectivity index (χ1v) is 7.26.